The maximum Gasteiger partial charge on any atom is 0.265 e. The molecule has 7 nitrogen and oxygen atoms in total. The number of carbonyl (C=O) groups is 1. The van der Waals surface area contributed by atoms with E-state index in [1.807, 2.05) is 11.6 Å². The van der Waals surface area contributed by atoms with Crippen LogP contribution >= 0.6 is 0 Å². The molecule has 33 heavy (non-hydrogen) atoms. The second kappa shape index (κ2) is 9.68. The van der Waals surface area contributed by atoms with E-state index in [-0.39, 0.29) is 17.6 Å². The lowest BCUT2D eigenvalue weighted by Crippen LogP contribution is -2.37. The molecule has 0 saturated heterocycles. The smallest absolute Gasteiger partial charge is 0.265 e. The van der Waals surface area contributed by atoms with E-state index >= 15 is 0 Å². The van der Waals surface area contributed by atoms with Gasteiger partial charge in [-0.25, -0.2) is 9.37 Å². The van der Waals surface area contributed by atoms with Crippen LogP contribution in [-0.4, -0.2) is 32.2 Å². The lowest BCUT2D eigenvalue weighted by molar-refractivity contribution is 0.0939. The summed E-state index contributed by atoms with van der Waals surface area (Å²) in [7, 11) is 1.89. The quantitative estimate of drug-likeness (QED) is 0.537. The Labute approximate surface area is 193 Å². The van der Waals surface area contributed by atoms with Crippen molar-refractivity contribution >= 4 is 5.91 Å². The van der Waals surface area contributed by atoms with E-state index < -0.39 is 0 Å². The zero-order chi connectivity index (χ0) is 23.5. The minimum atomic E-state index is -0.350. The van der Waals surface area contributed by atoms with E-state index in [2.05, 4.69) is 47.3 Å². The van der Waals surface area contributed by atoms with Crippen molar-refractivity contribution in [1.82, 2.24) is 25.1 Å². The predicted molar refractivity (Wildman–Crippen MR) is 123 cm³/mol. The number of allylic oxidation sites excluding steroid dienone is 1. The molecule has 1 amide bonds. The van der Waals surface area contributed by atoms with Crippen LogP contribution in [0.15, 0.2) is 52.9 Å². The molecule has 0 bridgehead atoms. The highest BCUT2D eigenvalue weighted by molar-refractivity contribution is 5.94. The third-order valence-corrected chi connectivity index (χ3v) is 6.61. The molecular weight excluding hydrogens is 421 g/mol. The van der Waals surface area contributed by atoms with Crippen LogP contribution < -0.4 is 5.32 Å². The molecule has 0 aliphatic heterocycles. The average molecular weight is 452 g/mol. The number of aryl methyl sites for hydroxylation is 1. The van der Waals surface area contributed by atoms with Crippen molar-refractivity contribution in [3.05, 3.63) is 65.7 Å². The number of amides is 1. The number of hydrogen-bond donors (Lipinski definition) is 1. The first kappa shape index (κ1) is 22.9. The van der Waals surface area contributed by atoms with Crippen LogP contribution in [0.5, 0.6) is 0 Å². The van der Waals surface area contributed by atoms with Crippen molar-refractivity contribution in [1.29, 1.82) is 0 Å². The van der Waals surface area contributed by atoms with Crippen molar-refractivity contribution in [3.63, 3.8) is 0 Å². The van der Waals surface area contributed by atoms with Gasteiger partial charge in [-0.3, -0.25) is 4.79 Å². The minimum absolute atomic E-state index is 0.181. The predicted octanol–water partition coefficient (Wildman–Crippen LogP) is 4.44. The highest BCUT2D eigenvalue weighted by Crippen LogP contribution is 2.38. The van der Waals surface area contributed by atoms with Crippen LogP contribution in [0, 0.1) is 29.5 Å². The number of hydrogen-bond acceptors (Lipinski definition) is 5. The molecule has 0 saturated carbocycles. The number of carbonyl (C=O) groups excluding carboxylic acids is 1. The highest BCUT2D eigenvalue weighted by atomic mass is 19.1. The Morgan fingerprint density at radius 3 is 2.70 bits per heavy atom. The SMILES string of the molecule is CC1=C[C@@H](CNC(=O)c2ccc(F)cc2)[C@H](C(C)C)C[C@H]1Cc1nnc(-c2cncn2C)o1. The molecular formula is C25H30FN5O2. The van der Waals surface area contributed by atoms with Crippen molar-refractivity contribution in [2.45, 2.75) is 33.6 Å². The minimum Gasteiger partial charge on any atom is -0.419 e. The number of benzene rings is 1. The van der Waals surface area contributed by atoms with E-state index in [1.54, 1.807) is 12.5 Å². The largest absolute Gasteiger partial charge is 0.419 e. The molecule has 1 N–H and O–H groups in total. The molecule has 1 aromatic carbocycles. The Bertz CT molecular complexity index is 1130. The Kier molecular flexibility index (Phi) is 6.72. The summed E-state index contributed by atoms with van der Waals surface area (Å²) in [5, 5.41) is 11.5. The van der Waals surface area contributed by atoms with Crippen molar-refractivity contribution in [3.8, 4) is 11.6 Å². The van der Waals surface area contributed by atoms with Crippen LogP contribution in [0.25, 0.3) is 11.6 Å². The van der Waals surface area contributed by atoms with Gasteiger partial charge in [0.15, 0.2) is 0 Å². The van der Waals surface area contributed by atoms with Gasteiger partial charge in [-0.2, -0.15) is 0 Å². The van der Waals surface area contributed by atoms with E-state index in [4.69, 9.17) is 4.42 Å². The second-order valence-corrected chi connectivity index (χ2v) is 9.23. The molecule has 174 valence electrons. The first-order valence-corrected chi connectivity index (χ1v) is 11.3. The molecule has 3 aromatic rings. The Morgan fingerprint density at radius 2 is 2.03 bits per heavy atom. The number of nitrogens with zero attached hydrogens (tertiary/aromatic N) is 4. The molecule has 0 radical (unpaired) electrons. The van der Waals surface area contributed by atoms with Crippen LogP contribution in [0.3, 0.4) is 0 Å². The van der Waals surface area contributed by atoms with Crippen molar-refractivity contribution in [2.24, 2.45) is 30.7 Å². The van der Waals surface area contributed by atoms with Crippen molar-refractivity contribution < 1.29 is 13.6 Å². The first-order valence-electron chi connectivity index (χ1n) is 11.3. The molecule has 1 aliphatic carbocycles. The summed E-state index contributed by atoms with van der Waals surface area (Å²) in [5.74, 6) is 1.97. The normalized spacial score (nSPS) is 20.7. The maximum absolute atomic E-state index is 13.1. The molecule has 4 rings (SSSR count). The van der Waals surface area contributed by atoms with Crippen LogP contribution in [0.2, 0.25) is 0 Å². The molecule has 0 fully saturated rings. The van der Waals surface area contributed by atoms with Gasteiger partial charge in [0.05, 0.1) is 12.5 Å². The van der Waals surface area contributed by atoms with Gasteiger partial charge in [-0.1, -0.05) is 25.5 Å². The van der Waals surface area contributed by atoms with Crippen LogP contribution in [0.1, 0.15) is 43.4 Å². The van der Waals surface area contributed by atoms with E-state index in [9.17, 15) is 9.18 Å². The first-order chi connectivity index (χ1) is 15.8. The van der Waals surface area contributed by atoms with Gasteiger partial charge in [-0.05, 0) is 61.3 Å². The zero-order valence-corrected chi connectivity index (χ0v) is 19.5. The summed E-state index contributed by atoms with van der Waals surface area (Å²) in [6.07, 6.45) is 7.37. The monoisotopic (exact) mass is 451 g/mol. The summed E-state index contributed by atoms with van der Waals surface area (Å²) in [6.45, 7) is 7.12. The van der Waals surface area contributed by atoms with E-state index in [1.165, 1.54) is 29.8 Å². The number of halogens is 1. The molecule has 8 heteroatoms. The summed E-state index contributed by atoms with van der Waals surface area (Å²) in [6, 6.07) is 5.62. The topological polar surface area (TPSA) is 85.8 Å². The fourth-order valence-electron chi connectivity index (χ4n) is 4.64. The van der Waals surface area contributed by atoms with E-state index in [0.29, 0.717) is 48.1 Å². The summed E-state index contributed by atoms with van der Waals surface area (Å²) >= 11 is 0. The highest BCUT2D eigenvalue weighted by Gasteiger charge is 2.32. The van der Waals surface area contributed by atoms with E-state index in [0.717, 1.165) is 12.1 Å². The maximum atomic E-state index is 13.1. The van der Waals surface area contributed by atoms with Crippen LogP contribution in [0.4, 0.5) is 4.39 Å². The molecule has 3 atom stereocenters. The summed E-state index contributed by atoms with van der Waals surface area (Å²) in [4.78, 5) is 16.6. The number of aromatic nitrogens is 4. The molecule has 2 heterocycles. The molecule has 0 unspecified atom stereocenters. The van der Waals surface area contributed by atoms with Gasteiger partial charge in [0.1, 0.15) is 11.5 Å². The standard InChI is InChI=1S/C25H30FN5O2/c1-15(2)21-10-18(11-23-29-30-25(33-23)22-13-27-14-31(22)4)16(3)9-19(21)12-28-24(32)17-5-7-20(26)8-6-17/h5-9,13-15,18-19,21H,10-12H2,1-4H3,(H,28,32)/t18-,19-,21-/m0/s1. The Morgan fingerprint density at radius 1 is 1.27 bits per heavy atom. The number of rotatable bonds is 7. The summed E-state index contributed by atoms with van der Waals surface area (Å²) in [5.41, 5.74) is 2.53. The Hall–Kier alpha value is -3.29. The van der Waals surface area contributed by atoms with Gasteiger partial charge in [0.25, 0.3) is 11.8 Å². The zero-order valence-electron chi connectivity index (χ0n) is 19.5. The van der Waals surface area contributed by atoms with Gasteiger partial charge in [-0.15, -0.1) is 10.2 Å². The molecule has 0 spiro atoms. The third kappa shape index (κ3) is 5.21. The van der Waals surface area contributed by atoms with Crippen LogP contribution in [-0.2, 0) is 13.5 Å². The van der Waals surface area contributed by atoms with Gasteiger partial charge >= 0.3 is 0 Å². The fraction of sp³-hybridized carbons (Fsp3) is 0.440. The molecule has 1 aliphatic rings. The van der Waals surface area contributed by atoms with Gasteiger partial charge in [0.2, 0.25) is 5.89 Å². The van der Waals surface area contributed by atoms with Gasteiger partial charge < -0.3 is 14.3 Å². The van der Waals surface area contributed by atoms with Crippen molar-refractivity contribution in [2.75, 3.05) is 6.54 Å². The lowest BCUT2D eigenvalue weighted by Gasteiger charge is -2.37. The third-order valence-electron chi connectivity index (χ3n) is 6.61. The Balaban J connectivity index is 1.43. The summed E-state index contributed by atoms with van der Waals surface area (Å²) < 4.78 is 20.9. The number of nitrogens with one attached hydrogen (secondary N) is 1. The fourth-order valence-corrected chi connectivity index (χ4v) is 4.64. The lowest BCUT2D eigenvalue weighted by atomic mass is 9.70. The average Bonchev–Trinajstić information content (AvgIpc) is 3.42. The van der Waals surface area contributed by atoms with Gasteiger partial charge in [0, 0.05) is 25.6 Å². The number of imidazole rings is 1. The second-order valence-electron chi connectivity index (χ2n) is 9.23. The molecule has 2 aromatic heterocycles.